The van der Waals surface area contributed by atoms with Crippen LogP contribution in [0.1, 0.15) is 65.7 Å². The zero-order valence-electron chi connectivity index (χ0n) is 22.8. The Hall–Kier alpha value is -2.03. The van der Waals surface area contributed by atoms with Crippen molar-refractivity contribution >= 4 is 5.78 Å². The molecule has 0 bridgehead atoms. The van der Waals surface area contributed by atoms with Crippen molar-refractivity contribution < 1.29 is 33.6 Å². The van der Waals surface area contributed by atoms with E-state index in [4.69, 9.17) is 23.7 Å². The lowest BCUT2D eigenvalue weighted by atomic mass is 9.32. The van der Waals surface area contributed by atoms with Crippen molar-refractivity contribution in [1.82, 2.24) is 0 Å². The highest BCUT2D eigenvalue weighted by Crippen LogP contribution is 2.79. The average molecular weight is 511 g/mol. The van der Waals surface area contributed by atoms with Gasteiger partial charge in [0.05, 0.1) is 35.7 Å². The molecule has 1 heterocycles. The first-order valence-electron chi connectivity index (χ1n) is 13.2. The van der Waals surface area contributed by atoms with E-state index in [-0.39, 0.29) is 12.2 Å². The fourth-order valence-electron chi connectivity index (χ4n) is 8.07. The number of methoxy groups -OCH3 is 2. The fourth-order valence-corrected chi connectivity index (χ4v) is 8.07. The summed E-state index contributed by atoms with van der Waals surface area (Å²) in [7, 11) is 3.25. The predicted molar refractivity (Wildman–Crippen MR) is 135 cm³/mol. The number of rotatable bonds is 5. The highest BCUT2D eigenvalue weighted by Gasteiger charge is 2.86. The van der Waals surface area contributed by atoms with E-state index in [1.165, 1.54) is 0 Å². The molecule has 3 fully saturated rings. The van der Waals surface area contributed by atoms with Gasteiger partial charge in [0.2, 0.25) is 0 Å². The maximum absolute atomic E-state index is 14.4. The second kappa shape index (κ2) is 7.76. The molecule has 0 unspecified atom stereocenters. The van der Waals surface area contributed by atoms with Gasteiger partial charge in [-0.15, -0.1) is 0 Å². The van der Waals surface area contributed by atoms with E-state index in [9.17, 15) is 9.90 Å². The van der Waals surface area contributed by atoms with Crippen molar-refractivity contribution in [2.75, 3.05) is 14.2 Å². The molecule has 6 rings (SSSR count). The molecule has 37 heavy (non-hydrogen) atoms. The fraction of sp³-hybridized carbons (Fsp3) is 0.633. The van der Waals surface area contributed by atoms with Crippen LogP contribution in [0.5, 0.6) is 0 Å². The van der Waals surface area contributed by atoms with Gasteiger partial charge in [0.15, 0.2) is 12.1 Å². The largest absolute Gasteiger partial charge is 0.501 e. The molecular formula is C30H38O7. The Balaban J connectivity index is 1.54. The molecule has 0 radical (unpaired) electrons. The van der Waals surface area contributed by atoms with Crippen LogP contribution in [-0.2, 0) is 28.5 Å². The van der Waals surface area contributed by atoms with Gasteiger partial charge in [0.25, 0.3) is 0 Å². The first-order valence-corrected chi connectivity index (χ1v) is 13.2. The maximum Gasteiger partial charge on any atom is 0.185 e. The molecule has 1 spiro atoms. The molecule has 0 amide bonds. The van der Waals surface area contributed by atoms with Crippen molar-refractivity contribution in [3.63, 3.8) is 0 Å². The van der Waals surface area contributed by atoms with Crippen LogP contribution in [0.2, 0.25) is 0 Å². The van der Waals surface area contributed by atoms with Gasteiger partial charge < -0.3 is 28.8 Å². The van der Waals surface area contributed by atoms with E-state index >= 15 is 0 Å². The van der Waals surface area contributed by atoms with Crippen LogP contribution in [0, 0.1) is 16.7 Å². The maximum atomic E-state index is 14.4. The summed E-state index contributed by atoms with van der Waals surface area (Å²) in [5, 5.41) is 11.7. The highest BCUT2D eigenvalue weighted by atomic mass is 16.7. The summed E-state index contributed by atoms with van der Waals surface area (Å²) in [6.45, 7) is 9.69. The van der Waals surface area contributed by atoms with Crippen LogP contribution in [0.4, 0.5) is 0 Å². The predicted octanol–water partition coefficient (Wildman–Crippen LogP) is 4.61. The molecule has 0 aromatic heterocycles. The Morgan fingerprint density at radius 1 is 1.14 bits per heavy atom. The standard InChI is InChI=1S/C30H38O7/c1-17-19-15-21(31)27(4)22(36-26(2,3)34-7)14-13-20(33-6)23(27)24-30(16-29(17,32)28(19,30)5)37-25(35-24)18-11-9-8-10-12-18/h8-13,22-25,32H,14-16H2,1-7H3/t22-,23-,24-,25-,27+,28-,29+,30+/m0/s1. The Labute approximate surface area is 218 Å². The van der Waals surface area contributed by atoms with Crippen LogP contribution >= 0.6 is 0 Å². The van der Waals surface area contributed by atoms with Crippen molar-refractivity contribution in [2.24, 2.45) is 16.7 Å². The van der Waals surface area contributed by atoms with Gasteiger partial charge in [-0.2, -0.15) is 0 Å². The molecule has 1 aromatic rings. The Morgan fingerprint density at radius 2 is 1.84 bits per heavy atom. The molecule has 1 aliphatic heterocycles. The van der Waals surface area contributed by atoms with Crippen LogP contribution in [-0.4, -0.2) is 54.3 Å². The lowest BCUT2D eigenvalue weighted by molar-refractivity contribution is -0.309. The Kier molecular flexibility index (Phi) is 5.30. The number of ketones is 1. The number of ether oxygens (including phenoxy) is 5. The molecule has 1 N–H and O–H groups in total. The van der Waals surface area contributed by atoms with Gasteiger partial charge >= 0.3 is 0 Å². The summed E-state index contributed by atoms with van der Waals surface area (Å²) >= 11 is 0. The number of Topliss-reactive ketones (excluding diaryl/α,β-unsaturated/α-hetero) is 1. The lowest BCUT2D eigenvalue weighted by Crippen LogP contribution is -2.84. The summed E-state index contributed by atoms with van der Waals surface area (Å²) in [5.74, 6) is -0.584. The Bertz CT molecular complexity index is 1200. The molecule has 7 heteroatoms. The van der Waals surface area contributed by atoms with Crippen molar-refractivity contribution in [2.45, 2.75) is 89.4 Å². The first kappa shape index (κ1) is 25.3. The van der Waals surface area contributed by atoms with Crippen LogP contribution in [0.25, 0.3) is 0 Å². The number of carbonyl (C=O) groups is 1. The van der Waals surface area contributed by atoms with E-state index in [1.54, 1.807) is 14.2 Å². The SMILES string of the molecule is COC1=CC[C@H](OC(C)(C)OC)[C@@]2(C)C(=O)CC3=C(C)[C@]4(O)C[C@]5(O[C@@H](c6ccccc6)O[C@H]5[C@H]12)[C@@]34C. The van der Waals surface area contributed by atoms with Gasteiger partial charge in [-0.1, -0.05) is 30.3 Å². The van der Waals surface area contributed by atoms with Gasteiger partial charge in [-0.05, 0) is 58.3 Å². The molecule has 200 valence electrons. The third-order valence-electron chi connectivity index (χ3n) is 10.5. The second-order valence-electron chi connectivity index (χ2n) is 12.2. The average Bonchev–Trinajstić information content (AvgIpc) is 3.28. The summed E-state index contributed by atoms with van der Waals surface area (Å²) in [6, 6.07) is 9.86. The van der Waals surface area contributed by atoms with Crippen LogP contribution in [0.3, 0.4) is 0 Å². The highest BCUT2D eigenvalue weighted by molar-refractivity contribution is 5.90. The van der Waals surface area contributed by atoms with E-state index in [0.29, 0.717) is 18.6 Å². The monoisotopic (exact) mass is 510 g/mol. The number of carbonyl (C=O) groups excluding carboxylic acids is 1. The molecule has 4 aliphatic carbocycles. The van der Waals surface area contributed by atoms with Crippen molar-refractivity contribution in [3.05, 3.63) is 58.9 Å². The van der Waals surface area contributed by atoms with Crippen molar-refractivity contribution in [1.29, 1.82) is 0 Å². The number of aliphatic hydroxyl groups is 1. The van der Waals surface area contributed by atoms with Crippen molar-refractivity contribution in [3.8, 4) is 0 Å². The van der Waals surface area contributed by atoms with E-state index in [1.807, 2.05) is 71.0 Å². The molecule has 1 aromatic carbocycles. The number of hydrogen-bond donors (Lipinski definition) is 1. The Morgan fingerprint density at radius 3 is 2.49 bits per heavy atom. The smallest absolute Gasteiger partial charge is 0.185 e. The number of hydrogen-bond acceptors (Lipinski definition) is 7. The summed E-state index contributed by atoms with van der Waals surface area (Å²) in [4.78, 5) is 14.4. The van der Waals surface area contributed by atoms with Gasteiger partial charge in [0, 0.05) is 25.5 Å². The third kappa shape index (κ3) is 2.87. The third-order valence-corrected chi connectivity index (χ3v) is 10.5. The quantitative estimate of drug-likeness (QED) is 0.458. The summed E-state index contributed by atoms with van der Waals surface area (Å²) in [5.41, 5.74) is -0.776. The topological polar surface area (TPSA) is 83.5 Å². The minimum atomic E-state index is -1.01. The minimum Gasteiger partial charge on any atom is -0.501 e. The second-order valence-corrected chi connectivity index (χ2v) is 12.2. The van der Waals surface area contributed by atoms with Crippen LogP contribution in [0.15, 0.2) is 53.3 Å². The molecule has 1 saturated heterocycles. The van der Waals surface area contributed by atoms with E-state index < -0.39 is 52.2 Å². The van der Waals surface area contributed by atoms with Gasteiger partial charge in [-0.25, -0.2) is 0 Å². The zero-order chi connectivity index (χ0) is 26.6. The normalized spacial score (nSPS) is 44.4. The van der Waals surface area contributed by atoms with Gasteiger partial charge in [-0.3, -0.25) is 4.79 Å². The number of benzene rings is 1. The van der Waals surface area contributed by atoms with Crippen LogP contribution < -0.4 is 0 Å². The minimum absolute atomic E-state index is 0.0574. The molecule has 5 aliphatic rings. The molecule has 7 nitrogen and oxygen atoms in total. The number of fused-ring (bicyclic) bond motifs is 2. The lowest BCUT2D eigenvalue weighted by Gasteiger charge is -2.75. The van der Waals surface area contributed by atoms with E-state index in [2.05, 4.69) is 0 Å². The zero-order valence-corrected chi connectivity index (χ0v) is 22.8. The molecule has 8 atom stereocenters. The molecule has 2 saturated carbocycles. The summed E-state index contributed by atoms with van der Waals surface area (Å²) in [6.07, 6.45) is 1.55. The summed E-state index contributed by atoms with van der Waals surface area (Å²) < 4.78 is 31.8. The van der Waals surface area contributed by atoms with E-state index in [0.717, 1.165) is 16.7 Å². The van der Waals surface area contributed by atoms with Gasteiger partial charge in [0.1, 0.15) is 23.1 Å². The first-order chi connectivity index (χ1) is 17.4. The molecular weight excluding hydrogens is 472 g/mol.